The van der Waals surface area contributed by atoms with Crippen molar-refractivity contribution in [2.45, 2.75) is 26.8 Å². The standard InChI is InChI=1S/C15H17Br2NS/c1-4-18-15(14-8-12(16)10(3)19-14)11-6-5-9(2)7-13(11)17/h5-8,15,18H,4H2,1-3H3. The van der Waals surface area contributed by atoms with Crippen molar-refractivity contribution in [1.82, 2.24) is 5.32 Å². The molecular weight excluding hydrogens is 386 g/mol. The van der Waals surface area contributed by atoms with Crippen LogP contribution in [-0.2, 0) is 0 Å². The molecule has 0 aliphatic carbocycles. The summed E-state index contributed by atoms with van der Waals surface area (Å²) in [5, 5.41) is 3.58. The maximum absolute atomic E-state index is 3.69. The van der Waals surface area contributed by atoms with Crippen LogP contribution in [0.2, 0.25) is 0 Å². The van der Waals surface area contributed by atoms with Gasteiger partial charge in [-0.15, -0.1) is 11.3 Å². The maximum atomic E-state index is 3.69. The molecule has 0 bridgehead atoms. The smallest absolute Gasteiger partial charge is 0.0682 e. The summed E-state index contributed by atoms with van der Waals surface area (Å²) in [4.78, 5) is 2.66. The van der Waals surface area contributed by atoms with Gasteiger partial charge in [-0.05, 0) is 59.6 Å². The minimum Gasteiger partial charge on any atom is -0.306 e. The predicted molar refractivity (Wildman–Crippen MR) is 91.2 cm³/mol. The van der Waals surface area contributed by atoms with Crippen LogP contribution in [0.4, 0.5) is 0 Å². The summed E-state index contributed by atoms with van der Waals surface area (Å²) in [6.45, 7) is 7.35. The second-order valence-corrected chi connectivity index (χ2v) is 7.57. The van der Waals surface area contributed by atoms with Gasteiger partial charge in [0.05, 0.1) is 6.04 Å². The van der Waals surface area contributed by atoms with Crippen LogP contribution in [0.3, 0.4) is 0 Å². The summed E-state index contributed by atoms with van der Waals surface area (Å²) in [7, 11) is 0. The van der Waals surface area contributed by atoms with Gasteiger partial charge in [-0.1, -0.05) is 35.0 Å². The van der Waals surface area contributed by atoms with E-state index in [9.17, 15) is 0 Å². The lowest BCUT2D eigenvalue weighted by Crippen LogP contribution is -2.21. The van der Waals surface area contributed by atoms with Crippen LogP contribution in [0.1, 0.15) is 33.8 Å². The van der Waals surface area contributed by atoms with E-state index in [-0.39, 0.29) is 6.04 Å². The van der Waals surface area contributed by atoms with E-state index in [1.807, 2.05) is 11.3 Å². The van der Waals surface area contributed by atoms with Crippen LogP contribution in [0, 0.1) is 13.8 Å². The summed E-state index contributed by atoms with van der Waals surface area (Å²) < 4.78 is 2.36. The Labute approximate surface area is 135 Å². The molecule has 4 heteroatoms. The van der Waals surface area contributed by atoms with Crippen molar-refractivity contribution in [3.8, 4) is 0 Å². The molecule has 0 radical (unpaired) electrons. The van der Waals surface area contributed by atoms with Gasteiger partial charge in [-0.2, -0.15) is 0 Å². The van der Waals surface area contributed by atoms with Crippen LogP contribution in [-0.4, -0.2) is 6.54 Å². The number of thiophene rings is 1. The number of benzene rings is 1. The first-order valence-corrected chi connectivity index (χ1v) is 8.68. The quantitative estimate of drug-likeness (QED) is 0.702. The minimum atomic E-state index is 0.245. The third-order valence-corrected chi connectivity index (χ3v) is 5.92. The molecule has 1 heterocycles. The monoisotopic (exact) mass is 401 g/mol. The largest absolute Gasteiger partial charge is 0.306 e. The Hall–Kier alpha value is -0.160. The average molecular weight is 403 g/mol. The third kappa shape index (κ3) is 3.48. The summed E-state index contributed by atoms with van der Waals surface area (Å²) in [5.74, 6) is 0. The lowest BCUT2D eigenvalue weighted by Gasteiger charge is -2.19. The van der Waals surface area contributed by atoms with E-state index in [1.54, 1.807) is 0 Å². The van der Waals surface area contributed by atoms with Gasteiger partial charge in [0.25, 0.3) is 0 Å². The molecule has 0 aliphatic rings. The molecule has 1 N–H and O–H groups in total. The first kappa shape index (κ1) is 15.2. The Morgan fingerprint density at radius 3 is 2.42 bits per heavy atom. The van der Waals surface area contributed by atoms with Crippen LogP contribution in [0.25, 0.3) is 0 Å². The molecule has 1 aromatic heterocycles. The number of nitrogens with one attached hydrogen (secondary N) is 1. The van der Waals surface area contributed by atoms with Gasteiger partial charge in [0.15, 0.2) is 0 Å². The van der Waals surface area contributed by atoms with E-state index in [0.717, 1.165) is 6.54 Å². The summed E-state index contributed by atoms with van der Waals surface area (Å²) in [6.07, 6.45) is 0. The van der Waals surface area contributed by atoms with Gasteiger partial charge >= 0.3 is 0 Å². The minimum absolute atomic E-state index is 0.245. The molecule has 1 atom stereocenters. The number of hydrogen-bond acceptors (Lipinski definition) is 2. The Morgan fingerprint density at radius 1 is 1.16 bits per heavy atom. The number of rotatable bonds is 4. The van der Waals surface area contributed by atoms with Crippen molar-refractivity contribution < 1.29 is 0 Å². The van der Waals surface area contributed by atoms with Gasteiger partial charge in [-0.3, -0.25) is 0 Å². The molecule has 0 saturated heterocycles. The fourth-order valence-corrected chi connectivity index (χ4v) is 4.44. The molecule has 0 fully saturated rings. The van der Waals surface area contributed by atoms with E-state index in [2.05, 4.69) is 82.2 Å². The third-order valence-electron chi connectivity index (χ3n) is 3.04. The molecule has 2 rings (SSSR count). The van der Waals surface area contributed by atoms with Crippen LogP contribution < -0.4 is 5.32 Å². The molecule has 0 aliphatic heterocycles. The van der Waals surface area contributed by atoms with E-state index < -0.39 is 0 Å². The highest BCUT2D eigenvalue weighted by molar-refractivity contribution is 9.10. The Balaban J connectivity index is 2.44. The lowest BCUT2D eigenvalue weighted by atomic mass is 10.0. The van der Waals surface area contributed by atoms with Crippen molar-refractivity contribution in [2.75, 3.05) is 6.54 Å². The highest BCUT2D eigenvalue weighted by Gasteiger charge is 2.18. The van der Waals surface area contributed by atoms with E-state index in [1.165, 1.54) is 29.8 Å². The van der Waals surface area contributed by atoms with E-state index in [0.29, 0.717) is 0 Å². The van der Waals surface area contributed by atoms with Crippen molar-refractivity contribution in [1.29, 1.82) is 0 Å². The van der Waals surface area contributed by atoms with Crippen LogP contribution in [0.5, 0.6) is 0 Å². The molecule has 102 valence electrons. The Kier molecular flexibility index (Phi) is 5.23. The van der Waals surface area contributed by atoms with Gasteiger partial charge in [-0.25, -0.2) is 0 Å². The van der Waals surface area contributed by atoms with Crippen molar-refractivity contribution in [3.05, 3.63) is 54.1 Å². The number of hydrogen-bond donors (Lipinski definition) is 1. The first-order valence-electron chi connectivity index (χ1n) is 6.28. The molecule has 2 aromatic rings. The predicted octanol–water partition coefficient (Wildman–Crippen LogP) is 5.59. The average Bonchev–Trinajstić information content (AvgIpc) is 2.67. The highest BCUT2D eigenvalue weighted by atomic mass is 79.9. The Bertz CT molecular complexity index is 558. The zero-order valence-electron chi connectivity index (χ0n) is 11.3. The summed E-state index contributed by atoms with van der Waals surface area (Å²) in [6, 6.07) is 9.01. The highest BCUT2D eigenvalue weighted by Crippen LogP contribution is 2.36. The second kappa shape index (κ2) is 6.53. The number of halogens is 2. The fourth-order valence-electron chi connectivity index (χ4n) is 2.06. The summed E-state index contributed by atoms with van der Waals surface area (Å²) in [5.41, 5.74) is 2.57. The lowest BCUT2D eigenvalue weighted by molar-refractivity contribution is 0.637. The molecule has 1 unspecified atom stereocenters. The van der Waals surface area contributed by atoms with Crippen LogP contribution >= 0.6 is 43.2 Å². The second-order valence-electron chi connectivity index (χ2n) is 4.57. The molecule has 0 spiro atoms. The van der Waals surface area contributed by atoms with Gasteiger partial charge in [0.2, 0.25) is 0 Å². The molecule has 0 amide bonds. The van der Waals surface area contributed by atoms with Crippen LogP contribution in [0.15, 0.2) is 33.2 Å². The van der Waals surface area contributed by atoms with E-state index in [4.69, 9.17) is 0 Å². The Morgan fingerprint density at radius 2 is 1.89 bits per heavy atom. The van der Waals surface area contributed by atoms with Gasteiger partial charge in [0, 0.05) is 18.7 Å². The number of aryl methyl sites for hydroxylation is 2. The summed E-state index contributed by atoms with van der Waals surface area (Å²) >= 11 is 9.14. The molecule has 1 nitrogen and oxygen atoms in total. The fraction of sp³-hybridized carbons (Fsp3) is 0.333. The van der Waals surface area contributed by atoms with E-state index >= 15 is 0 Å². The van der Waals surface area contributed by atoms with Gasteiger partial charge in [0.1, 0.15) is 0 Å². The normalized spacial score (nSPS) is 12.7. The molecule has 19 heavy (non-hydrogen) atoms. The van der Waals surface area contributed by atoms with Gasteiger partial charge < -0.3 is 5.32 Å². The zero-order chi connectivity index (χ0) is 14.0. The molecular formula is C15H17Br2NS. The molecule has 1 aromatic carbocycles. The van der Waals surface area contributed by atoms with Crippen molar-refractivity contribution in [3.63, 3.8) is 0 Å². The molecule has 0 saturated carbocycles. The first-order chi connectivity index (χ1) is 9.02. The SMILES string of the molecule is CCNC(c1cc(Br)c(C)s1)c1ccc(C)cc1Br. The topological polar surface area (TPSA) is 12.0 Å². The zero-order valence-corrected chi connectivity index (χ0v) is 15.2. The van der Waals surface area contributed by atoms with Crippen molar-refractivity contribution in [2.24, 2.45) is 0 Å². The van der Waals surface area contributed by atoms with Crippen molar-refractivity contribution >= 4 is 43.2 Å². The maximum Gasteiger partial charge on any atom is 0.0682 e.